The zero-order valence-corrected chi connectivity index (χ0v) is 9.71. The smallest absolute Gasteiger partial charge is 0.307 e. The van der Waals surface area contributed by atoms with Crippen LogP contribution in [0.2, 0.25) is 0 Å². The zero-order valence-electron chi connectivity index (χ0n) is 9.71. The van der Waals surface area contributed by atoms with Gasteiger partial charge in [-0.25, -0.2) is 8.78 Å². The number of carboxylic acid groups (broad SMARTS) is 1. The number of carboxylic acids is 1. The second kappa shape index (κ2) is 4.09. The van der Waals surface area contributed by atoms with Gasteiger partial charge in [-0.3, -0.25) is 4.79 Å². The fourth-order valence-corrected chi connectivity index (χ4v) is 2.69. The molecule has 0 saturated heterocycles. The third kappa shape index (κ3) is 1.81. The van der Waals surface area contributed by atoms with Crippen molar-refractivity contribution in [3.05, 3.63) is 34.9 Å². The molecule has 0 spiro atoms. The average molecular weight is 240 g/mol. The molecule has 1 aromatic carbocycles. The molecule has 1 aliphatic rings. The molecule has 1 aromatic rings. The molecule has 0 aromatic heterocycles. The predicted octanol–water partition coefficient (Wildman–Crippen LogP) is 3.10. The van der Waals surface area contributed by atoms with Gasteiger partial charge in [0.05, 0.1) is 5.92 Å². The molecule has 92 valence electrons. The Bertz CT molecular complexity index is 471. The maximum atomic E-state index is 13.7. The summed E-state index contributed by atoms with van der Waals surface area (Å²) in [5.41, 5.74) is 0.474. The number of rotatable bonds is 3. The van der Waals surface area contributed by atoms with E-state index in [0.717, 1.165) is 12.1 Å². The van der Waals surface area contributed by atoms with E-state index in [-0.39, 0.29) is 23.0 Å². The van der Waals surface area contributed by atoms with Crippen molar-refractivity contribution in [3.8, 4) is 0 Å². The molecule has 17 heavy (non-hydrogen) atoms. The summed E-state index contributed by atoms with van der Waals surface area (Å²) in [6.07, 6.45) is 0.664. The van der Waals surface area contributed by atoms with Crippen molar-refractivity contribution in [2.45, 2.75) is 26.2 Å². The lowest BCUT2D eigenvalue weighted by atomic mass is 10.0. The van der Waals surface area contributed by atoms with E-state index >= 15 is 0 Å². The van der Waals surface area contributed by atoms with Gasteiger partial charge >= 0.3 is 5.97 Å². The van der Waals surface area contributed by atoms with E-state index < -0.39 is 23.5 Å². The third-order valence-electron chi connectivity index (χ3n) is 3.65. The lowest BCUT2D eigenvalue weighted by molar-refractivity contribution is -0.139. The Balaban J connectivity index is 2.42. The molecule has 2 rings (SSSR count). The molecule has 1 N–H and O–H groups in total. The van der Waals surface area contributed by atoms with Crippen LogP contribution < -0.4 is 0 Å². The summed E-state index contributed by atoms with van der Waals surface area (Å²) in [6.45, 7) is 3.37. The van der Waals surface area contributed by atoms with Crippen LogP contribution in [0, 0.1) is 30.4 Å². The largest absolute Gasteiger partial charge is 0.481 e. The zero-order chi connectivity index (χ0) is 12.7. The van der Waals surface area contributed by atoms with E-state index in [1.807, 2.05) is 6.92 Å². The first-order valence-corrected chi connectivity index (χ1v) is 5.66. The highest BCUT2D eigenvalue weighted by Crippen LogP contribution is 2.57. The van der Waals surface area contributed by atoms with Crippen molar-refractivity contribution in [2.75, 3.05) is 0 Å². The highest BCUT2D eigenvalue weighted by atomic mass is 19.1. The van der Waals surface area contributed by atoms with Crippen molar-refractivity contribution in [1.82, 2.24) is 0 Å². The van der Waals surface area contributed by atoms with Crippen LogP contribution in [0.25, 0.3) is 0 Å². The highest BCUT2D eigenvalue weighted by molar-refractivity contribution is 5.76. The molecule has 1 unspecified atom stereocenters. The molecule has 0 heterocycles. The van der Waals surface area contributed by atoms with Crippen LogP contribution in [0.15, 0.2) is 12.1 Å². The van der Waals surface area contributed by atoms with Gasteiger partial charge in [-0.15, -0.1) is 0 Å². The summed E-state index contributed by atoms with van der Waals surface area (Å²) in [5.74, 6) is -2.95. The summed E-state index contributed by atoms with van der Waals surface area (Å²) in [7, 11) is 0. The predicted molar refractivity (Wildman–Crippen MR) is 58.7 cm³/mol. The van der Waals surface area contributed by atoms with Gasteiger partial charge in [-0.1, -0.05) is 13.3 Å². The van der Waals surface area contributed by atoms with Crippen molar-refractivity contribution < 1.29 is 18.7 Å². The highest BCUT2D eigenvalue weighted by Gasteiger charge is 2.55. The van der Waals surface area contributed by atoms with Crippen molar-refractivity contribution >= 4 is 5.97 Å². The van der Waals surface area contributed by atoms with E-state index in [2.05, 4.69) is 0 Å². The van der Waals surface area contributed by atoms with Crippen LogP contribution in [0.5, 0.6) is 0 Å². The van der Waals surface area contributed by atoms with Crippen LogP contribution in [0.3, 0.4) is 0 Å². The summed E-state index contributed by atoms with van der Waals surface area (Å²) >= 11 is 0. The van der Waals surface area contributed by atoms with E-state index in [1.165, 1.54) is 6.92 Å². The molecule has 4 heteroatoms. The second-order valence-corrected chi connectivity index (χ2v) is 4.53. The molecule has 2 nitrogen and oxygen atoms in total. The Morgan fingerprint density at radius 3 is 2.41 bits per heavy atom. The Kier molecular flexibility index (Phi) is 2.89. The minimum atomic E-state index is -0.926. The fourth-order valence-electron chi connectivity index (χ4n) is 2.69. The Morgan fingerprint density at radius 1 is 1.35 bits per heavy atom. The Hall–Kier alpha value is -1.45. The van der Waals surface area contributed by atoms with Gasteiger partial charge in [0.2, 0.25) is 0 Å². The molecular formula is C13H14F2O2. The molecule has 0 amide bonds. The summed E-state index contributed by atoms with van der Waals surface area (Å²) in [6, 6.07) is 2.15. The average Bonchev–Trinajstić information content (AvgIpc) is 2.98. The quantitative estimate of drug-likeness (QED) is 0.881. The number of hydrogen-bond donors (Lipinski definition) is 1. The van der Waals surface area contributed by atoms with Crippen molar-refractivity contribution in [2.24, 2.45) is 11.8 Å². The first kappa shape index (κ1) is 12.0. The number of hydrogen-bond acceptors (Lipinski definition) is 1. The second-order valence-electron chi connectivity index (χ2n) is 4.53. The number of carbonyl (C=O) groups is 1. The standard InChI is InChI=1S/C13H14F2O2/c1-3-7-11(12(7)13(16)17)10-6(2)8(14)4-5-9(10)15/h4-5,7,11-12H,3H2,1-2H3,(H,16,17)/t7-,11-,12?/m1/s1. The molecule has 0 radical (unpaired) electrons. The summed E-state index contributed by atoms with van der Waals surface area (Å²) < 4.78 is 27.1. The number of benzene rings is 1. The van der Waals surface area contributed by atoms with E-state index in [1.54, 1.807) is 0 Å². The van der Waals surface area contributed by atoms with Crippen LogP contribution >= 0.6 is 0 Å². The van der Waals surface area contributed by atoms with Gasteiger partial charge in [0.15, 0.2) is 0 Å². The normalized spacial score (nSPS) is 26.9. The van der Waals surface area contributed by atoms with Gasteiger partial charge < -0.3 is 5.11 Å². The molecule has 0 bridgehead atoms. The van der Waals surface area contributed by atoms with Gasteiger partial charge in [0, 0.05) is 5.92 Å². The van der Waals surface area contributed by atoms with Gasteiger partial charge in [-0.2, -0.15) is 0 Å². The molecule has 1 fully saturated rings. The van der Waals surface area contributed by atoms with Crippen molar-refractivity contribution in [1.29, 1.82) is 0 Å². The third-order valence-corrected chi connectivity index (χ3v) is 3.65. The molecular weight excluding hydrogens is 226 g/mol. The lowest BCUT2D eigenvalue weighted by Crippen LogP contribution is -2.02. The van der Waals surface area contributed by atoms with Crippen molar-refractivity contribution in [3.63, 3.8) is 0 Å². The molecule has 1 aliphatic carbocycles. The van der Waals surface area contributed by atoms with E-state index in [4.69, 9.17) is 5.11 Å². The first-order valence-electron chi connectivity index (χ1n) is 5.66. The summed E-state index contributed by atoms with van der Waals surface area (Å²) in [5, 5.41) is 9.02. The summed E-state index contributed by atoms with van der Waals surface area (Å²) in [4.78, 5) is 11.0. The Labute approximate surface area is 98.3 Å². The SMILES string of the molecule is CC[C@H]1C(C(=O)O)[C@H]1c1c(F)ccc(F)c1C. The monoisotopic (exact) mass is 240 g/mol. The van der Waals surface area contributed by atoms with Gasteiger partial charge in [-0.05, 0) is 36.1 Å². The van der Waals surface area contributed by atoms with Crippen LogP contribution in [0.4, 0.5) is 8.78 Å². The Morgan fingerprint density at radius 2 is 1.94 bits per heavy atom. The van der Waals surface area contributed by atoms with Crippen LogP contribution in [-0.4, -0.2) is 11.1 Å². The van der Waals surface area contributed by atoms with E-state index in [9.17, 15) is 13.6 Å². The van der Waals surface area contributed by atoms with Crippen LogP contribution in [-0.2, 0) is 4.79 Å². The lowest BCUT2D eigenvalue weighted by Gasteiger charge is -2.07. The number of aliphatic carboxylic acids is 1. The first-order chi connectivity index (χ1) is 7.99. The molecule has 0 aliphatic heterocycles. The minimum absolute atomic E-state index is 0.0810. The minimum Gasteiger partial charge on any atom is -0.481 e. The fraction of sp³-hybridized carbons (Fsp3) is 0.462. The van der Waals surface area contributed by atoms with Gasteiger partial charge in [0.1, 0.15) is 11.6 Å². The molecule has 3 atom stereocenters. The number of halogens is 2. The van der Waals surface area contributed by atoms with Gasteiger partial charge in [0.25, 0.3) is 0 Å². The van der Waals surface area contributed by atoms with E-state index in [0.29, 0.717) is 6.42 Å². The maximum absolute atomic E-state index is 13.7. The van der Waals surface area contributed by atoms with Crippen LogP contribution in [0.1, 0.15) is 30.4 Å². The maximum Gasteiger partial charge on any atom is 0.307 e. The molecule has 1 saturated carbocycles. The topological polar surface area (TPSA) is 37.3 Å².